The lowest BCUT2D eigenvalue weighted by Gasteiger charge is -2.20. The Kier molecular flexibility index (Phi) is 10.8. The number of halogens is 2. The molecule has 262 valence electrons. The molecule has 1 amide bonds. The standard InChI is InChI=1S/C37H41Cl2N7O4/c1-48-36-30(17-40-16-23-11-12-33(47)43-23)41-18-28(44-36)26-8-3-6-24(34(26)38)25-7-4-9-27(35(25)39)29-19-42-31(37(45-29)49-2)21-46-14-13-22(20-46)32-10-5-15-50-32/h3-4,6-9,18-19,22-23,32,40H,5,10-17,20-21H2,1-2H3,(H,43,47)/t22?,23-,32?/m0/s1. The smallest absolute Gasteiger partial charge is 0.237 e. The third-order valence-electron chi connectivity index (χ3n) is 9.79. The fraction of sp³-hybridized carbons (Fsp3) is 0.432. The van der Waals surface area contributed by atoms with E-state index in [2.05, 4.69) is 20.5 Å². The van der Waals surface area contributed by atoms with Crippen LogP contribution in [0.25, 0.3) is 33.6 Å². The monoisotopic (exact) mass is 717 g/mol. The van der Waals surface area contributed by atoms with E-state index in [4.69, 9.17) is 52.4 Å². The maximum absolute atomic E-state index is 11.5. The molecular formula is C37H41Cl2N7O4. The van der Waals surface area contributed by atoms with Crippen LogP contribution in [0.15, 0.2) is 48.8 Å². The van der Waals surface area contributed by atoms with Gasteiger partial charge in [0.1, 0.15) is 11.4 Å². The molecule has 3 aliphatic heterocycles. The minimum Gasteiger partial charge on any atom is -0.480 e. The summed E-state index contributed by atoms with van der Waals surface area (Å²) in [5, 5.41) is 7.28. The van der Waals surface area contributed by atoms with E-state index in [1.165, 1.54) is 0 Å². The molecule has 0 aliphatic carbocycles. The maximum atomic E-state index is 11.5. The largest absolute Gasteiger partial charge is 0.480 e. The maximum Gasteiger partial charge on any atom is 0.237 e. The molecule has 3 saturated heterocycles. The molecule has 3 fully saturated rings. The van der Waals surface area contributed by atoms with Gasteiger partial charge < -0.3 is 24.8 Å². The predicted molar refractivity (Wildman–Crippen MR) is 192 cm³/mol. The van der Waals surface area contributed by atoms with Crippen molar-refractivity contribution in [2.45, 2.75) is 57.3 Å². The molecule has 2 aromatic heterocycles. The van der Waals surface area contributed by atoms with E-state index < -0.39 is 0 Å². The molecule has 3 aliphatic rings. The second-order valence-electron chi connectivity index (χ2n) is 13.0. The summed E-state index contributed by atoms with van der Waals surface area (Å²) in [6.45, 7) is 4.64. The average molecular weight is 719 g/mol. The Balaban J connectivity index is 1.09. The first-order valence-electron chi connectivity index (χ1n) is 17.1. The highest BCUT2D eigenvalue weighted by molar-refractivity contribution is 6.39. The molecule has 4 aromatic rings. The first kappa shape index (κ1) is 34.6. The number of benzene rings is 2. The third-order valence-corrected chi connectivity index (χ3v) is 10.6. The number of hydrogen-bond acceptors (Lipinski definition) is 10. The quantitative estimate of drug-likeness (QED) is 0.181. The Labute approximate surface area is 302 Å². The molecule has 11 nitrogen and oxygen atoms in total. The van der Waals surface area contributed by atoms with E-state index in [1.54, 1.807) is 26.6 Å². The van der Waals surface area contributed by atoms with E-state index in [1.807, 2.05) is 36.4 Å². The van der Waals surface area contributed by atoms with Crippen molar-refractivity contribution in [3.8, 4) is 45.4 Å². The Hall–Kier alpha value is -3.87. The van der Waals surface area contributed by atoms with E-state index in [-0.39, 0.29) is 11.9 Å². The molecule has 50 heavy (non-hydrogen) atoms. The van der Waals surface area contributed by atoms with Crippen LogP contribution in [0.3, 0.4) is 0 Å². The SMILES string of the molecule is COc1nc(-c2cccc(-c3cccc(-c4cnc(CN5CCC(C6CCCO6)C5)c(OC)n4)c3Cl)c2Cl)cnc1CNC[C@@H]1CCC(=O)N1. The minimum atomic E-state index is 0.0882. The number of carbonyl (C=O) groups excluding carboxylic acids is 1. The summed E-state index contributed by atoms with van der Waals surface area (Å²) in [6.07, 6.45) is 8.66. The van der Waals surface area contributed by atoms with E-state index in [0.717, 1.165) is 67.8 Å². The Morgan fingerprint density at radius 1 is 0.900 bits per heavy atom. The van der Waals surface area contributed by atoms with Crippen LogP contribution in [0.5, 0.6) is 11.8 Å². The molecule has 7 rings (SSSR count). The molecule has 0 radical (unpaired) electrons. The fourth-order valence-corrected chi connectivity index (χ4v) is 7.83. The van der Waals surface area contributed by atoms with Crippen LogP contribution in [0.2, 0.25) is 10.0 Å². The highest BCUT2D eigenvalue weighted by atomic mass is 35.5. The summed E-state index contributed by atoms with van der Waals surface area (Å²) >= 11 is 14.2. The number of hydrogen-bond donors (Lipinski definition) is 2. The van der Waals surface area contributed by atoms with Crippen LogP contribution < -0.4 is 20.1 Å². The van der Waals surface area contributed by atoms with Gasteiger partial charge in [-0.15, -0.1) is 0 Å². The lowest BCUT2D eigenvalue weighted by molar-refractivity contribution is -0.119. The molecule has 5 heterocycles. The molecule has 2 N–H and O–H groups in total. The summed E-state index contributed by atoms with van der Waals surface area (Å²) in [4.78, 5) is 32.9. The van der Waals surface area contributed by atoms with Gasteiger partial charge in [-0.1, -0.05) is 59.6 Å². The number of nitrogens with zero attached hydrogens (tertiary/aromatic N) is 5. The van der Waals surface area contributed by atoms with Gasteiger partial charge in [-0.05, 0) is 38.1 Å². The van der Waals surface area contributed by atoms with Gasteiger partial charge in [-0.3, -0.25) is 19.7 Å². The Morgan fingerprint density at radius 3 is 2.14 bits per heavy atom. The van der Waals surface area contributed by atoms with Crippen molar-refractivity contribution in [2.24, 2.45) is 5.92 Å². The molecular weight excluding hydrogens is 677 g/mol. The van der Waals surface area contributed by atoms with Crippen molar-refractivity contribution in [2.75, 3.05) is 40.5 Å². The number of likely N-dealkylation sites (tertiary alicyclic amines) is 1. The van der Waals surface area contributed by atoms with Crippen LogP contribution in [0.4, 0.5) is 0 Å². The number of rotatable bonds is 12. The van der Waals surface area contributed by atoms with Crippen molar-refractivity contribution in [3.05, 3.63) is 70.2 Å². The van der Waals surface area contributed by atoms with E-state index in [0.29, 0.717) is 82.5 Å². The summed E-state index contributed by atoms with van der Waals surface area (Å²) in [5.41, 5.74) is 5.54. The zero-order valence-electron chi connectivity index (χ0n) is 28.3. The van der Waals surface area contributed by atoms with Crippen LogP contribution in [-0.4, -0.2) is 83.3 Å². The zero-order chi connectivity index (χ0) is 34.6. The molecule has 3 atom stereocenters. The minimum absolute atomic E-state index is 0.0882. The average Bonchev–Trinajstić information content (AvgIpc) is 3.92. The predicted octanol–water partition coefficient (Wildman–Crippen LogP) is 5.96. The van der Waals surface area contributed by atoms with Crippen LogP contribution >= 0.6 is 23.2 Å². The van der Waals surface area contributed by atoms with Gasteiger partial charge in [0.15, 0.2) is 0 Å². The molecule has 2 aromatic carbocycles. The topological polar surface area (TPSA) is 124 Å². The zero-order valence-corrected chi connectivity index (χ0v) is 29.8. The summed E-state index contributed by atoms with van der Waals surface area (Å²) < 4.78 is 17.3. The first-order valence-corrected chi connectivity index (χ1v) is 17.9. The van der Waals surface area contributed by atoms with Gasteiger partial charge in [-0.25, -0.2) is 9.97 Å². The highest BCUT2D eigenvalue weighted by Crippen LogP contribution is 2.42. The third kappa shape index (κ3) is 7.43. The number of methoxy groups -OCH3 is 2. The van der Waals surface area contributed by atoms with Gasteiger partial charge >= 0.3 is 0 Å². The summed E-state index contributed by atoms with van der Waals surface area (Å²) in [7, 11) is 3.19. The van der Waals surface area contributed by atoms with Gasteiger partial charge in [0.05, 0.1) is 54.2 Å². The molecule has 0 bridgehead atoms. The van der Waals surface area contributed by atoms with Crippen LogP contribution in [0, 0.1) is 5.92 Å². The van der Waals surface area contributed by atoms with E-state index in [9.17, 15) is 4.79 Å². The van der Waals surface area contributed by atoms with Crippen molar-refractivity contribution < 1.29 is 19.0 Å². The molecule has 13 heteroatoms. The van der Waals surface area contributed by atoms with Crippen LogP contribution in [-0.2, 0) is 22.6 Å². The number of aromatic nitrogens is 4. The molecule has 2 unspecified atom stereocenters. The summed E-state index contributed by atoms with van der Waals surface area (Å²) in [5.74, 6) is 1.54. The summed E-state index contributed by atoms with van der Waals surface area (Å²) in [6, 6.07) is 11.6. The number of amides is 1. The van der Waals surface area contributed by atoms with Crippen molar-refractivity contribution in [1.82, 2.24) is 35.5 Å². The highest BCUT2D eigenvalue weighted by Gasteiger charge is 2.33. The van der Waals surface area contributed by atoms with Gasteiger partial charge in [0.25, 0.3) is 0 Å². The Morgan fingerprint density at radius 2 is 1.54 bits per heavy atom. The Bertz CT molecular complexity index is 1850. The van der Waals surface area contributed by atoms with Gasteiger partial charge in [0.2, 0.25) is 17.7 Å². The van der Waals surface area contributed by atoms with E-state index >= 15 is 0 Å². The number of carbonyl (C=O) groups is 1. The van der Waals surface area contributed by atoms with Crippen molar-refractivity contribution in [3.63, 3.8) is 0 Å². The second-order valence-corrected chi connectivity index (χ2v) is 13.8. The lowest BCUT2D eigenvalue weighted by atomic mass is 9.98. The molecule has 0 spiro atoms. The second kappa shape index (κ2) is 15.6. The lowest BCUT2D eigenvalue weighted by Crippen LogP contribution is -2.35. The van der Waals surface area contributed by atoms with Crippen molar-refractivity contribution >= 4 is 29.1 Å². The normalized spacial score (nSPS) is 20.7. The molecule has 0 saturated carbocycles. The fourth-order valence-electron chi connectivity index (χ4n) is 7.18. The first-order chi connectivity index (χ1) is 24.4. The number of nitrogens with one attached hydrogen (secondary N) is 2. The van der Waals surface area contributed by atoms with Gasteiger partial charge in [0, 0.05) is 67.5 Å². The van der Waals surface area contributed by atoms with Gasteiger partial charge in [-0.2, -0.15) is 0 Å². The van der Waals surface area contributed by atoms with Crippen molar-refractivity contribution in [1.29, 1.82) is 0 Å². The number of ether oxygens (including phenoxy) is 3. The van der Waals surface area contributed by atoms with Crippen LogP contribution in [0.1, 0.15) is 43.5 Å².